The Bertz CT molecular complexity index is 828. The van der Waals surface area contributed by atoms with Crippen LogP contribution in [0.3, 0.4) is 0 Å². The van der Waals surface area contributed by atoms with E-state index in [2.05, 4.69) is 10.3 Å². The van der Waals surface area contributed by atoms with E-state index in [4.69, 9.17) is 11.6 Å². The van der Waals surface area contributed by atoms with Crippen LogP contribution in [-0.2, 0) is 6.54 Å². The van der Waals surface area contributed by atoms with Crippen LogP contribution in [-0.4, -0.2) is 10.9 Å². The summed E-state index contributed by atoms with van der Waals surface area (Å²) in [6.45, 7) is 2.55. The molecule has 0 bridgehead atoms. The highest BCUT2D eigenvalue weighted by molar-refractivity contribution is 6.29. The highest BCUT2D eigenvalue weighted by atomic mass is 35.5. The van der Waals surface area contributed by atoms with Crippen LogP contribution in [0.1, 0.15) is 21.5 Å². The van der Waals surface area contributed by atoms with Crippen molar-refractivity contribution in [3.8, 4) is 0 Å². The van der Waals surface area contributed by atoms with E-state index in [9.17, 15) is 4.79 Å². The average Bonchev–Trinajstić information content (AvgIpc) is 2.53. The van der Waals surface area contributed by atoms with E-state index in [0.717, 1.165) is 16.5 Å². The molecule has 0 aliphatic rings. The second kappa shape index (κ2) is 6.16. The number of rotatable bonds is 3. The molecule has 0 saturated carbocycles. The van der Waals surface area contributed by atoms with Gasteiger partial charge < -0.3 is 5.32 Å². The number of benzene rings is 2. The molecule has 1 amide bonds. The van der Waals surface area contributed by atoms with Crippen molar-refractivity contribution in [3.63, 3.8) is 0 Å². The van der Waals surface area contributed by atoms with Crippen LogP contribution in [0.5, 0.6) is 0 Å². The maximum Gasteiger partial charge on any atom is 0.251 e. The molecule has 0 atom stereocenters. The number of nitrogens with one attached hydrogen (secondary N) is 1. The van der Waals surface area contributed by atoms with Crippen molar-refractivity contribution in [2.24, 2.45) is 0 Å². The number of nitrogens with zero attached hydrogens (tertiary/aromatic N) is 1. The number of hydrogen-bond donors (Lipinski definition) is 1. The molecule has 110 valence electrons. The fourth-order valence-corrected chi connectivity index (χ4v) is 2.39. The van der Waals surface area contributed by atoms with Crippen molar-refractivity contribution >= 4 is 28.4 Å². The summed E-state index contributed by atoms with van der Waals surface area (Å²) in [6.07, 6.45) is 0. The largest absolute Gasteiger partial charge is 0.348 e. The number of fused-ring (bicyclic) bond motifs is 1. The molecule has 0 unspecified atom stereocenters. The van der Waals surface area contributed by atoms with E-state index >= 15 is 0 Å². The number of carbonyl (C=O) groups excluding carboxylic acids is 1. The molecule has 0 radical (unpaired) electrons. The Kier molecular flexibility index (Phi) is 4.07. The Balaban J connectivity index is 1.74. The molecule has 0 aliphatic carbocycles. The summed E-state index contributed by atoms with van der Waals surface area (Å²) >= 11 is 5.86. The summed E-state index contributed by atoms with van der Waals surface area (Å²) in [5, 5.41) is 4.27. The van der Waals surface area contributed by atoms with Crippen LogP contribution >= 0.6 is 11.6 Å². The van der Waals surface area contributed by atoms with Crippen LogP contribution in [0.25, 0.3) is 10.9 Å². The lowest BCUT2D eigenvalue weighted by Gasteiger charge is -2.07. The third-order valence-corrected chi connectivity index (χ3v) is 3.70. The zero-order valence-corrected chi connectivity index (χ0v) is 12.9. The van der Waals surface area contributed by atoms with Gasteiger partial charge in [0.1, 0.15) is 5.15 Å². The smallest absolute Gasteiger partial charge is 0.251 e. The maximum atomic E-state index is 12.2. The first-order valence-corrected chi connectivity index (χ1v) is 7.40. The van der Waals surface area contributed by atoms with Crippen LogP contribution < -0.4 is 5.32 Å². The van der Waals surface area contributed by atoms with E-state index in [1.807, 2.05) is 49.4 Å². The Morgan fingerprint density at radius 1 is 1.09 bits per heavy atom. The van der Waals surface area contributed by atoms with Gasteiger partial charge in [-0.05, 0) is 42.8 Å². The lowest BCUT2D eigenvalue weighted by atomic mass is 10.1. The zero-order chi connectivity index (χ0) is 15.5. The van der Waals surface area contributed by atoms with Crippen molar-refractivity contribution in [2.45, 2.75) is 13.5 Å². The van der Waals surface area contributed by atoms with Gasteiger partial charge in [0.05, 0.1) is 5.52 Å². The van der Waals surface area contributed by atoms with Crippen LogP contribution in [0.15, 0.2) is 54.6 Å². The molecule has 1 heterocycles. The summed E-state index contributed by atoms with van der Waals surface area (Å²) in [6, 6.07) is 17.1. The number of amides is 1. The van der Waals surface area contributed by atoms with Gasteiger partial charge >= 0.3 is 0 Å². The molecule has 3 rings (SSSR count). The molecule has 0 spiro atoms. The first-order chi connectivity index (χ1) is 10.6. The molecule has 0 aliphatic heterocycles. The predicted molar refractivity (Wildman–Crippen MR) is 89.1 cm³/mol. The van der Waals surface area contributed by atoms with E-state index in [0.29, 0.717) is 17.3 Å². The monoisotopic (exact) mass is 310 g/mol. The summed E-state index contributed by atoms with van der Waals surface area (Å²) in [5.41, 5.74) is 3.68. The first kappa shape index (κ1) is 14.5. The third kappa shape index (κ3) is 3.26. The average molecular weight is 311 g/mol. The van der Waals surface area contributed by atoms with Gasteiger partial charge in [-0.2, -0.15) is 0 Å². The lowest BCUT2D eigenvalue weighted by molar-refractivity contribution is 0.0951. The molecule has 3 aromatic rings. The molecule has 3 nitrogen and oxygen atoms in total. The summed E-state index contributed by atoms with van der Waals surface area (Å²) in [7, 11) is 0. The zero-order valence-electron chi connectivity index (χ0n) is 12.1. The van der Waals surface area contributed by atoms with E-state index in [1.54, 1.807) is 12.1 Å². The van der Waals surface area contributed by atoms with E-state index in [-0.39, 0.29) is 5.91 Å². The van der Waals surface area contributed by atoms with Crippen molar-refractivity contribution in [2.75, 3.05) is 0 Å². The predicted octanol–water partition coefficient (Wildman–Crippen LogP) is 4.13. The maximum absolute atomic E-state index is 12.2. The second-order valence-electron chi connectivity index (χ2n) is 5.21. The second-order valence-corrected chi connectivity index (χ2v) is 5.60. The van der Waals surface area contributed by atoms with Crippen LogP contribution in [0, 0.1) is 6.92 Å². The first-order valence-electron chi connectivity index (χ1n) is 7.02. The number of aryl methyl sites for hydroxylation is 1. The van der Waals surface area contributed by atoms with Crippen molar-refractivity contribution < 1.29 is 4.79 Å². The van der Waals surface area contributed by atoms with Crippen LogP contribution in [0.2, 0.25) is 5.15 Å². The number of pyridine rings is 1. The highest BCUT2D eigenvalue weighted by Crippen LogP contribution is 2.17. The van der Waals surface area contributed by atoms with Gasteiger partial charge in [-0.3, -0.25) is 4.79 Å². The summed E-state index contributed by atoms with van der Waals surface area (Å²) in [4.78, 5) is 16.4. The molecular formula is C18H15ClN2O. The Morgan fingerprint density at radius 3 is 2.64 bits per heavy atom. The number of halogens is 1. The van der Waals surface area contributed by atoms with Crippen molar-refractivity contribution in [1.82, 2.24) is 10.3 Å². The fourth-order valence-electron chi connectivity index (χ4n) is 2.23. The fraction of sp³-hybridized carbons (Fsp3) is 0.111. The quantitative estimate of drug-likeness (QED) is 0.739. The minimum absolute atomic E-state index is 0.0996. The highest BCUT2D eigenvalue weighted by Gasteiger charge is 2.07. The van der Waals surface area contributed by atoms with E-state index in [1.165, 1.54) is 5.56 Å². The molecule has 0 fully saturated rings. The van der Waals surface area contributed by atoms with Gasteiger partial charge in [0.25, 0.3) is 5.91 Å². The van der Waals surface area contributed by atoms with Gasteiger partial charge in [-0.1, -0.05) is 41.4 Å². The van der Waals surface area contributed by atoms with E-state index < -0.39 is 0 Å². The lowest BCUT2D eigenvalue weighted by Crippen LogP contribution is -2.22. The Morgan fingerprint density at radius 2 is 1.86 bits per heavy atom. The molecule has 0 saturated heterocycles. The van der Waals surface area contributed by atoms with Gasteiger partial charge in [0, 0.05) is 17.5 Å². The Labute approximate surface area is 133 Å². The SMILES string of the molecule is Cc1ccc(CNC(=O)c2ccc3nc(Cl)ccc3c2)cc1. The van der Waals surface area contributed by atoms with Crippen molar-refractivity contribution in [1.29, 1.82) is 0 Å². The normalized spacial score (nSPS) is 10.6. The standard InChI is InChI=1S/C18H15ClN2O/c1-12-2-4-13(5-3-12)11-20-18(22)15-6-8-16-14(10-15)7-9-17(19)21-16/h2-10H,11H2,1H3,(H,20,22). The molecule has 22 heavy (non-hydrogen) atoms. The van der Waals surface area contributed by atoms with Gasteiger partial charge in [0.2, 0.25) is 0 Å². The van der Waals surface area contributed by atoms with Crippen LogP contribution in [0.4, 0.5) is 0 Å². The minimum atomic E-state index is -0.0996. The molecular weight excluding hydrogens is 296 g/mol. The third-order valence-electron chi connectivity index (χ3n) is 3.49. The molecule has 1 N–H and O–H groups in total. The minimum Gasteiger partial charge on any atom is -0.348 e. The molecule has 1 aromatic heterocycles. The summed E-state index contributed by atoms with van der Waals surface area (Å²) < 4.78 is 0. The number of aromatic nitrogens is 1. The number of carbonyl (C=O) groups is 1. The summed E-state index contributed by atoms with van der Waals surface area (Å²) in [5.74, 6) is -0.0996. The number of hydrogen-bond acceptors (Lipinski definition) is 2. The molecule has 4 heteroatoms. The van der Waals surface area contributed by atoms with Crippen molar-refractivity contribution in [3.05, 3.63) is 76.4 Å². The van der Waals surface area contributed by atoms with Gasteiger partial charge in [0.15, 0.2) is 0 Å². The Hall–Kier alpha value is -2.39. The topological polar surface area (TPSA) is 42.0 Å². The molecule has 2 aromatic carbocycles. The van der Waals surface area contributed by atoms with Gasteiger partial charge in [-0.25, -0.2) is 4.98 Å². The van der Waals surface area contributed by atoms with Gasteiger partial charge in [-0.15, -0.1) is 0 Å².